The first-order chi connectivity index (χ1) is 6.96. The fourth-order valence-corrected chi connectivity index (χ4v) is 1.74. The molecule has 15 heavy (non-hydrogen) atoms. The second-order valence-electron chi connectivity index (χ2n) is 2.30. The lowest BCUT2D eigenvalue weighted by atomic mass is 10.3. The molecule has 9 heteroatoms. The van der Waals surface area contributed by atoms with Gasteiger partial charge in [0, 0.05) is 6.42 Å². The first-order valence-electron chi connectivity index (χ1n) is 3.82. The normalized spacial score (nSPS) is 11.3. The molecule has 0 aromatic heterocycles. The SMILES string of the molecule is O=C(O)CCC(=O)P(=O)(OCO)OCO. The zero-order valence-electron chi connectivity index (χ0n) is 7.66. The molecule has 0 spiro atoms. The van der Waals surface area contributed by atoms with Crippen molar-refractivity contribution in [1.82, 2.24) is 0 Å². The van der Waals surface area contributed by atoms with Crippen LogP contribution in [0.25, 0.3) is 0 Å². The molecule has 0 aliphatic rings. The van der Waals surface area contributed by atoms with Gasteiger partial charge in [-0.25, -0.2) is 0 Å². The molecule has 0 fully saturated rings. The van der Waals surface area contributed by atoms with Crippen molar-refractivity contribution in [3.8, 4) is 0 Å². The van der Waals surface area contributed by atoms with Crippen LogP contribution in [0.1, 0.15) is 12.8 Å². The van der Waals surface area contributed by atoms with E-state index < -0.39 is 45.5 Å². The molecule has 0 aromatic rings. The minimum Gasteiger partial charge on any atom is -0.481 e. The van der Waals surface area contributed by atoms with Gasteiger partial charge in [0.15, 0.2) is 13.6 Å². The zero-order chi connectivity index (χ0) is 11.9. The van der Waals surface area contributed by atoms with Gasteiger partial charge in [0.05, 0.1) is 6.42 Å². The summed E-state index contributed by atoms with van der Waals surface area (Å²) in [7, 11) is -4.27. The molecule has 0 radical (unpaired) electrons. The summed E-state index contributed by atoms with van der Waals surface area (Å²) >= 11 is 0. The van der Waals surface area contributed by atoms with Crippen LogP contribution in [0.3, 0.4) is 0 Å². The number of aliphatic hydroxyl groups excluding tert-OH is 2. The number of aliphatic carboxylic acids is 1. The van der Waals surface area contributed by atoms with Gasteiger partial charge in [-0.3, -0.25) is 23.2 Å². The van der Waals surface area contributed by atoms with Crippen LogP contribution in [0.4, 0.5) is 0 Å². The second kappa shape index (κ2) is 6.65. The summed E-state index contributed by atoms with van der Waals surface area (Å²) in [5.74, 6) is -1.25. The largest absolute Gasteiger partial charge is 0.481 e. The second-order valence-corrected chi connectivity index (χ2v) is 4.31. The number of hydrogen-bond acceptors (Lipinski definition) is 7. The number of carbonyl (C=O) groups is 2. The molecule has 0 aliphatic heterocycles. The molecule has 0 aliphatic carbocycles. The topological polar surface area (TPSA) is 130 Å². The third-order valence-corrected chi connectivity index (χ3v) is 3.06. The van der Waals surface area contributed by atoms with Crippen molar-refractivity contribution in [2.24, 2.45) is 0 Å². The summed E-state index contributed by atoms with van der Waals surface area (Å²) in [5.41, 5.74) is -1.10. The molecule has 0 atom stereocenters. The van der Waals surface area contributed by atoms with Gasteiger partial charge in [-0.05, 0) is 0 Å². The average molecular weight is 242 g/mol. The number of hydrogen-bond donors (Lipinski definition) is 3. The number of rotatable bonds is 8. The Balaban J connectivity index is 4.41. The van der Waals surface area contributed by atoms with Crippen LogP contribution < -0.4 is 0 Å². The molecule has 0 amide bonds. The summed E-state index contributed by atoms with van der Waals surface area (Å²) in [6, 6.07) is 0. The Kier molecular flexibility index (Phi) is 6.30. The highest BCUT2D eigenvalue weighted by molar-refractivity contribution is 7.71. The summed E-state index contributed by atoms with van der Waals surface area (Å²) in [6.45, 7) is -2.06. The molecular weight excluding hydrogens is 231 g/mol. The maximum absolute atomic E-state index is 11.4. The number of aliphatic hydroxyl groups is 2. The van der Waals surface area contributed by atoms with Crippen LogP contribution in [0, 0.1) is 0 Å². The number of carbonyl (C=O) groups excluding carboxylic acids is 1. The zero-order valence-corrected chi connectivity index (χ0v) is 8.55. The first kappa shape index (κ1) is 14.2. The summed E-state index contributed by atoms with van der Waals surface area (Å²) in [4.78, 5) is 21.3. The monoisotopic (exact) mass is 242 g/mol. The van der Waals surface area contributed by atoms with Crippen LogP contribution in [0.15, 0.2) is 0 Å². The van der Waals surface area contributed by atoms with Gasteiger partial charge in [0.25, 0.3) is 0 Å². The van der Waals surface area contributed by atoms with E-state index in [4.69, 9.17) is 15.3 Å². The maximum atomic E-state index is 11.4. The average Bonchev–Trinajstić information content (AvgIpc) is 2.14. The molecule has 0 saturated carbocycles. The Labute approximate surface area is 85.0 Å². The molecule has 3 N–H and O–H groups in total. The predicted molar refractivity (Wildman–Crippen MR) is 45.8 cm³/mol. The predicted octanol–water partition coefficient (Wildman–Crippen LogP) is -0.496. The van der Waals surface area contributed by atoms with E-state index in [2.05, 4.69) is 9.05 Å². The summed E-state index contributed by atoms with van der Waals surface area (Å²) in [5, 5.41) is 24.9. The third kappa shape index (κ3) is 5.01. The standard InChI is InChI=1S/C6H11O8P/c7-3-13-15(12,14-4-8)6(11)2-1-5(9)10/h7-8H,1-4H2,(H,9,10). The van der Waals surface area contributed by atoms with Gasteiger partial charge >= 0.3 is 13.6 Å². The van der Waals surface area contributed by atoms with Crippen molar-refractivity contribution in [3.05, 3.63) is 0 Å². The Bertz CT molecular complexity index is 264. The van der Waals surface area contributed by atoms with Gasteiger partial charge in [-0.1, -0.05) is 0 Å². The van der Waals surface area contributed by atoms with Gasteiger partial charge < -0.3 is 15.3 Å². The van der Waals surface area contributed by atoms with Crippen molar-refractivity contribution >= 4 is 19.1 Å². The Morgan fingerprint density at radius 2 is 1.53 bits per heavy atom. The highest BCUT2D eigenvalue weighted by atomic mass is 31.2. The lowest BCUT2D eigenvalue weighted by molar-refractivity contribution is -0.138. The molecular formula is C6H11O8P. The Morgan fingerprint density at radius 3 is 1.87 bits per heavy atom. The number of carboxylic acid groups (broad SMARTS) is 1. The van der Waals surface area contributed by atoms with E-state index in [0.717, 1.165) is 0 Å². The third-order valence-electron chi connectivity index (χ3n) is 1.31. The van der Waals surface area contributed by atoms with Crippen molar-refractivity contribution in [3.63, 3.8) is 0 Å². The van der Waals surface area contributed by atoms with E-state index in [-0.39, 0.29) is 0 Å². The van der Waals surface area contributed by atoms with Crippen LogP contribution in [0.2, 0.25) is 0 Å². The van der Waals surface area contributed by atoms with E-state index >= 15 is 0 Å². The maximum Gasteiger partial charge on any atom is 0.400 e. The lowest BCUT2D eigenvalue weighted by Crippen LogP contribution is -2.10. The molecule has 0 saturated heterocycles. The van der Waals surface area contributed by atoms with E-state index in [1.807, 2.05) is 0 Å². The van der Waals surface area contributed by atoms with Gasteiger partial charge in [0.2, 0.25) is 5.52 Å². The number of carboxylic acids is 1. The highest BCUT2D eigenvalue weighted by Crippen LogP contribution is 2.49. The van der Waals surface area contributed by atoms with Crippen molar-refractivity contribution in [2.45, 2.75) is 12.8 Å². The van der Waals surface area contributed by atoms with Crippen LogP contribution in [0.5, 0.6) is 0 Å². The fraction of sp³-hybridized carbons (Fsp3) is 0.667. The van der Waals surface area contributed by atoms with Gasteiger partial charge in [-0.2, -0.15) is 0 Å². The summed E-state index contributed by atoms with van der Waals surface area (Å²) in [6.07, 6.45) is -1.10. The quantitative estimate of drug-likeness (QED) is 0.383. The van der Waals surface area contributed by atoms with Crippen LogP contribution >= 0.6 is 7.60 Å². The molecule has 8 nitrogen and oxygen atoms in total. The smallest absolute Gasteiger partial charge is 0.400 e. The molecule has 0 rings (SSSR count). The van der Waals surface area contributed by atoms with Gasteiger partial charge in [0.1, 0.15) is 0 Å². The van der Waals surface area contributed by atoms with E-state index in [9.17, 15) is 14.2 Å². The lowest BCUT2D eigenvalue weighted by Gasteiger charge is -2.13. The van der Waals surface area contributed by atoms with Crippen molar-refractivity contribution < 1.29 is 38.5 Å². The molecule has 0 bridgehead atoms. The molecule has 88 valence electrons. The van der Waals surface area contributed by atoms with Gasteiger partial charge in [-0.15, -0.1) is 0 Å². The Hall–Kier alpha value is -0.790. The molecule has 0 heterocycles. The fourth-order valence-electron chi connectivity index (χ4n) is 0.684. The minimum atomic E-state index is -4.27. The van der Waals surface area contributed by atoms with Crippen LogP contribution in [-0.2, 0) is 23.2 Å². The van der Waals surface area contributed by atoms with Crippen molar-refractivity contribution in [1.29, 1.82) is 0 Å². The molecule has 0 unspecified atom stereocenters. The van der Waals surface area contributed by atoms with Crippen molar-refractivity contribution in [2.75, 3.05) is 13.6 Å². The Morgan fingerprint density at radius 1 is 1.07 bits per heavy atom. The molecule has 0 aromatic carbocycles. The van der Waals surface area contributed by atoms with E-state index in [1.165, 1.54) is 0 Å². The first-order valence-corrected chi connectivity index (χ1v) is 5.36. The minimum absolute atomic E-state index is 0.535. The van der Waals surface area contributed by atoms with Crippen LogP contribution in [-0.4, -0.2) is 40.4 Å². The van der Waals surface area contributed by atoms with E-state index in [1.54, 1.807) is 0 Å². The summed E-state index contributed by atoms with van der Waals surface area (Å²) < 4.78 is 19.7. The van der Waals surface area contributed by atoms with E-state index in [0.29, 0.717) is 0 Å². The highest BCUT2D eigenvalue weighted by Gasteiger charge is 2.34.